The smallest absolute Gasteiger partial charge is 0.252 e. The lowest BCUT2D eigenvalue weighted by molar-refractivity contribution is 0.0951. The van der Waals surface area contributed by atoms with Gasteiger partial charge in [0.2, 0.25) is 0 Å². The van der Waals surface area contributed by atoms with E-state index in [1.54, 1.807) is 23.8 Å². The maximum Gasteiger partial charge on any atom is 0.252 e. The van der Waals surface area contributed by atoms with E-state index < -0.39 is 0 Å². The minimum Gasteiger partial charge on any atom is -0.395 e. The summed E-state index contributed by atoms with van der Waals surface area (Å²) < 4.78 is 0. The van der Waals surface area contributed by atoms with Crippen molar-refractivity contribution in [1.82, 2.24) is 15.3 Å². The van der Waals surface area contributed by atoms with Crippen LogP contribution in [0.15, 0.2) is 23.8 Å². The second-order valence-corrected chi connectivity index (χ2v) is 5.22. The van der Waals surface area contributed by atoms with Crippen LogP contribution in [0.3, 0.4) is 0 Å². The van der Waals surface area contributed by atoms with Crippen LogP contribution in [0.5, 0.6) is 0 Å². The Kier molecular flexibility index (Phi) is 5.43. The van der Waals surface area contributed by atoms with E-state index in [1.807, 2.05) is 6.92 Å². The summed E-state index contributed by atoms with van der Waals surface area (Å²) in [6, 6.07) is 1.74. The van der Waals surface area contributed by atoms with Crippen molar-refractivity contribution in [1.29, 1.82) is 0 Å². The van der Waals surface area contributed by atoms with Gasteiger partial charge in [-0.15, -0.1) is 11.3 Å². The predicted octanol–water partition coefficient (Wildman–Crippen LogP) is 1.51. The second kappa shape index (κ2) is 7.53. The highest BCUT2D eigenvalue weighted by Crippen LogP contribution is 2.13. The van der Waals surface area contributed by atoms with Crippen molar-refractivity contribution in [2.45, 2.75) is 19.9 Å². The highest BCUT2D eigenvalue weighted by atomic mass is 32.1. The monoisotopic (exact) mass is 301 g/mol. The summed E-state index contributed by atoms with van der Waals surface area (Å²) in [6.07, 6.45) is 3.75. The number of nitrogens with zero attached hydrogens (tertiary/aromatic N) is 2. The summed E-state index contributed by atoms with van der Waals surface area (Å²) in [4.78, 5) is 21.1. The third kappa shape index (κ3) is 4.67. The summed E-state index contributed by atoms with van der Waals surface area (Å²) >= 11 is 1.41. The zero-order valence-electron chi connectivity index (χ0n) is 11.6. The van der Waals surface area contributed by atoms with Gasteiger partial charge in [-0.3, -0.25) is 14.8 Å². The molecular formula is C15H15N3O2S. The molecule has 2 heterocycles. The van der Waals surface area contributed by atoms with Crippen molar-refractivity contribution >= 4 is 17.2 Å². The largest absolute Gasteiger partial charge is 0.395 e. The Bertz CT molecular complexity index is 668. The zero-order valence-corrected chi connectivity index (χ0v) is 12.4. The molecule has 0 radical (unpaired) electrons. The fourth-order valence-electron chi connectivity index (χ4n) is 1.51. The number of carbonyl (C=O) groups is 1. The third-order valence-corrected chi connectivity index (χ3v) is 3.42. The fourth-order valence-corrected chi connectivity index (χ4v) is 2.27. The fraction of sp³-hybridized carbons (Fsp3) is 0.267. The minimum atomic E-state index is -0.163. The molecule has 2 aromatic rings. The average Bonchev–Trinajstić information content (AvgIpc) is 2.96. The van der Waals surface area contributed by atoms with Gasteiger partial charge < -0.3 is 10.4 Å². The van der Waals surface area contributed by atoms with E-state index in [4.69, 9.17) is 5.11 Å². The van der Waals surface area contributed by atoms with Gasteiger partial charge in [0, 0.05) is 18.0 Å². The number of aliphatic hydroxyl groups excluding tert-OH is 1. The van der Waals surface area contributed by atoms with Gasteiger partial charge in [0.25, 0.3) is 5.91 Å². The molecule has 0 unspecified atom stereocenters. The quantitative estimate of drug-likeness (QED) is 0.839. The van der Waals surface area contributed by atoms with Gasteiger partial charge in [0.05, 0.1) is 41.2 Å². The van der Waals surface area contributed by atoms with Gasteiger partial charge in [-0.05, 0) is 13.0 Å². The third-order valence-electron chi connectivity index (χ3n) is 2.57. The van der Waals surface area contributed by atoms with E-state index in [-0.39, 0.29) is 12.5 Å². The van der Waals surface area contributed by atoms with Crippen LogP contribution in [0.1, 0.15) is 33.0 Å². The molecule has 0 atom stereocenters. The first kappa shape index (κ1) is 15.2. The number of thiophene rings is 1. The second-order valence-electron chi connectivity index (χ2n) is 4.31. The molecule has 0 aliphatic rings. The molecule has 21 heavy (non-hydrogen) atoms. The molecule has 5 nitrogen and oxygen atoms in total. The van der Waals surface area contributed by atoms with Crippen LogP contribution in [-0.2, 0) is 6.54 Å². The van der Waals surface area contributed by atoms with Crippen LogP contribution >= 0.6 is 11.3 Å². The highest BCUT2D eigenvalue weighted by Gasteiger charge is 2.08. The van der Waals surface area contributed by atoms with E-state index in [1.165, 1.54) is 11.3 Å². The number of rotatable bonds is 4. The molecule has 0 saturated carbocycles. The van der Waals surface area contributed by atoms with Gasteiger partial charge in [0.1, 0.15) is 0 Å². The maximum atomic E-state index is 12.0. The molecule has 1 amide bonds. The molecule has 2 rings (SSSR count). The van der Waals surface area contributed by atoms with Crippen molar-refractivity contribution in [2.75, 3.05) is 6.61 Å². The van der Waals surface area contributed by atoms with E-state index in [9.17, 15) is 4.79 Å². The van der Waals surface area contributed by atoms with Gasteiger partial charge in [-0.25, -0.2) is 0 Å². The van der Waals surface area contributed by atoms with Gasteiger partial charge >= 0.3 is 0 Å². The van der Waals surface area contributed by atoms with Gasteiger partial charge in [-0.1, -0.05) is 11.8 Å². The topological polar surface area (TPSA) is 75.1 Å². The Morgan fingerprint density at radius 3 is 3.00 bits per heavy atom. The van der Waals surface area contributed by atoms with E-state index in [0.29, 0.717) is 24.2 Å². The number of carbonyl (C=O) groups excluding carboxylic acids is 1. The maximum absolute atomic E-state index is 12.0. The zero-order chi connectivity index (χ0) is 15.1. The van der Waals surface area contributed by atoms with Crippen molar-refractivity contribution in [2.24, 2.45) is 0 Å². The van der Waals surface area contributed by atoms with Crippen molar-refractivity contribution in [3.8, 4) is 11.8 Å². The lowest BCUT2D eigenvalue weighted by Gasteiger charge is -2.02. The molecule has 0 spiro atoms. The number of aryl methyl sites for hydroxylation is 1. The lowest BCUT2D eigenvalue weighted by atomic mass is 10.3. The molecular weight excluding hydrogens is 286 g/mol. The molecule has 0 bridgehead atoms. The van der Waals surface area contributed by atoms with Crippen molar-refractivity contribution in [3.05, 3.63) is 45.7 Å². The summed E-state index contributed by atoms with van der Waals surface area (Å²) in [6.45, 7) is 2.25. The Morgan fingerprint density at radius 1 is 1.43 bits per heavy atom. The normalized spacial score (nSPS) is 9.81. The summed E-state index contributed by atoms with van der Waals surface area (Å²) in [5.74, 6) is 5.57. The highest BCUT2D eigenvalue weighted by molar-refractivity contribution is 7.10. The first-order valence-corrected chi connectivity index (χ1v) is 7.31. The first-order chi connectivity index (χ1) is 10.2. The van der Waals surface area contributed by atoms with E-state index >= 15 is 0 Å². The number of hydrogen-bond acceptors (Lipinski definition) is 5. The Balaban J connectivity index is 1.92. The van der Waals surface area contributed by atoms with Crippen LogP contribution in [0.25, 0.3) is 0 Å². The SMILES string of the molecule is Cc1cnc(CNC(=O)c2csc(C#CCCO)c2)cn1. The van der Waals surface area contributed by atoms with Crippen LogP contribution in [-0.4, -0.2) is 27.6 Å². The minimum absolute atomic E-state index is 0.0449. The molecule has 0 aliphatic heterocycles. The molecule has 0 aliphatic carbocycles. The Labute approximate surface area is 127 Å². The molecule has 0 aromatic carbocycles. The summed E-state index contributed by atoms with van der Waals surface area (Å²) in [7, 11) is 0. The Morgan fingerprint density at radius 2 is 2.29 bits per heavy atom. The number of aromatic nitrogens is 2. The summed E-state index contributed by atoms with van der Waals surface area (Å²) in [5, 5.41) is 13.2. The number of aliphatic hydroxyl groups is 1. The van der Waals surface area contributed by atoms with Crippen molar-refractivity contribution < 1.29 is 9.90 Å². The number of amides is 1. The van der Waals surface area contributed by atoms with Crippen LogP contribution < -0.4 is 5.32 Å². The molecule has 2 aromatic heterocycles. The molecule has 0 fully saturated rings. The van der Waals surface area contributed by atoms with E-state index in [0.717, 1.165) is 10.6 Å². The average molecular weight is 301 g/mol. The molecule has 6 heteroatoms. The van der Waals surface area contributed by atoms with Crippen LogP contribution in [0.2, 0.25) is 0 Å². The summed E-state index contributed by atoms with van der Waals surface area (Å²) in [5.41, 5.74) is 2.13. The van der Waals surface area contributed by atoms with E-state index in [2.05, 4.69) is 27.1 Å². The molecule has 0 saturated heterocycles. The molecule has 2 N–H and O–H groups in total. The lowest BCUT2D eigenvalue weighted by Crippen LogP contribution is -2.22. The van der Waals surface area contributed by atoms with Gasteiger partial charge in [-0.2, -0.15) is 0 Å². The standard InChI is InChI=1S/C15H15N3O2S/c1-11-7-17-13(8-16-11)9-18-15(20)12-6-14(21-10-12)4-2-3-5-19/h6-8,10,19H,3,5,9H2,1H3,(H,18,20). The first-order valence-electron chi connectivity index (χ1n) is 6.43. The van der Waals surface area contributed by atoms with Crippen LogP contribution in [0, 0.1) is 18.8 Å². The van der Waals surface area contributed by atoms with Gasteiger partial charge in [0.15, 0.2) is 0 Å². The number of nitrogens with one attached hydrogen (secondary N) is 1. The Hall–Kier alpha value is -2.23. The number of hydrogen-bond donors (Lipinski definition) is 2. The van der Waals surface area contributed by atoms with Crippen LogP contribution in [0.4, 0.5) is 0 Å². The predicted molar refractivity (Wildman–Crippen MR) is 80.8 cm³/mol. The molecule has 108 valence electrons. The van der Waals surface area contributed by atoms with Crippen molar-refractivity contribution in [3.63, 3.8) is 0 Å².